The highest BCUT2D eigenvalue weighted by atomic mass is 16.5. The quantitative estimate of drug-likeness (QED) is 0.714. The number of hydrogen-bond acceptors (Lipinski definition) is 7. The van der Waals surface area contributed by atoms with E-state index < -0.39 is 0 Å². The Morgan fingerprint density at radius 3 is 2.68 bits per heavy atom. The Morgan fingerprint density at radius 1 is 1.19 bits per heavy atom. The zero-order valence-electron chi connectivity index (χ0n) is 17.7. The lowest BCUT2D eigenvalue weighted by atomic mass is 9.85. The van der Waals surface area contributed by atoms with Gasteiger partial charge in [0, 0.05) is 31.4 Å². The first-order valence-electron chi connectivity index (χ1n) is 10.2. The van der Waals surface area contributed by atoms with E-state index in [0.717, 1.165) is 12.0 Å². The van der Waals surface area contributed by atoms with Crippen LogP contribution in [0.4, 0.5) is 0 Å². The third-order valence-corrected chi connectivity index (χ3v) is 5.71. The van der Waals surface area contributed by atoms with E-state index in [1.54, 1.807) is 29.4 Å². The molecule has 9 heteroatoms. The molecule has 4 heterocycles. The van der Waals surface area contributed by atoms with E-state index in [-0.39, 0.29) is 29.2 Å². The van der Waals surface area contributed by atoms with Crippen LogP contribution in [0.1, 0.15) is 28.8 Å². The van der Waals surface area contributed by atoms with Crippen molar-refractivity contribution in [1.29, 1.82) is 0 Å². The van der Waals surface area contributed by atoms with Gasteiger partial charge < -0.3 is 24.4 Å². The highest BCUT2D eigenvalue weighted by Crippen LogP contribution is 2.40. The van der Waals surface area contributed by atoms with Crippen LogP contribution in [0.3, 0.4) is 0 Å². The summed E-state index contributed by atoms with van der Waals surface area (Å²) in [6.45, 7) is 2.00. The molecule has 2 fully saturated rings. The van der Waals surface area contributed by atoms with Gasteiger partial charge in [-0.25, -0.2) is 0 Å². The maximum atomic E-state index is 12.9. The molecule has 2 aliphatic heterocycles. The topological polar surface area (TPSA) is 103 Å². The molecular weight excluding hydrogens is 400 g/mol. The van der Waals surface area contributed by atoms with Crippen LogP contribution >= 0.6 is 0 Å². The van der Waals surface area contributed by atoms with Crippen LogP contribution < -0.4 is 14.8 Å². The van der Waals surface area contributed by atoms with Gasteiger partial charge in [0.15, 0.2) is 0 Å². The maximum Gasteiger partial charge on any atom is 0.259 e. The molecule has 2 amide bonds. The molecule has 2 aromatic rings. The summed E-state index contributed by atoms with van der Waals surface area (Å²) in [7, 11) is 2.98. The molecule has 1 unspecified atom stereocenters. The zero-order chi connectivity index (χ0) is 21.8. The number of nitrogens with zero attached hydrogens (tertiary/aromatic N) is 3. The number of aromatic nitrogens is 2. The second kappa shape index (κ2) is 8.89. The minimum atomic E-state index is -0.362. The van der Waals surface area contributed by atoms with Crippen molar-refractivity contribution in [3.63, 3.8) is 0 Å². The predicted molar refractivity (Wildman–Crippen MR) is 111 cm³/mol. The van der Waals surface area contributed by atoms with Crippen molar-refractivity contribution in [2.24, 2.45) is 5.92 Å². The number of ether oxygens (including phenoxy) is 3. The van der Waals surface area contributed by atoms with Gasteiger partial charge in [0.05, 0.1) is 33.9 Å². The molecule has 0 radical (unpaired) electrons. The fourth-order valence-electron chi connectivity index (χ4n) is 4.14. The van der Waals surface area contributed by atoms with E-state index >= 15 is 0 Å². The maximum absolute atomic E-state index is 12.9. The van der Waals surface area contributed by atoms with E-state index in [0.29, 0.717) is 44.1 Å². The number of hydrogen-bond donors (Lipinski definition) is 1. The minimum absolute atomic E-state index is 0.00348. The molecule has 1 spiro atoms. The Bertz CT molecular complexity index is 946. The lowest BCUT2D eigenvalue weighted by Gasteiger charge is -2.47. The molecule has 0 aromatic carbocycles. The summed E-state index contributed by atoms with van der Waals surface area (Å²) in [5.41, 5.74) is 1.04. The number of likely N-dealkylation sites (tertiary alicyclic amines) is 1. The van der Waals surface area contributed by atoms with Gasteiger partial charge in [-0.3, -0.25) is 14.6 Å². The smallest absolute Gasteiger partial charge is 0.259 e. The SMILES string of the molecule is COc1ccc(C(=O)N2CC3(CC(CC(=O)NCc4ccncc4)CO3)C2)c(OC)n1. The third-order valence-electron chi connectivity index (χ3n) is 5.71. The normalized spacial score (nSPS) is 19.0. The summed E-state index contributed by atoms with van der Waals surface area (Å²) in [5, 5.41) is 2.94. The van der Waals surface area contributed by atoms with Crippen LogP contribution in [0.15, 0.2) is 36.7 Å². The minimum Gasteiger partial charge on any atom is -0.481 e. The van der Waals surface area contributed by atoms with E-state index in [1.165, 1.54) is 14.2 Å². The van der Waals surface area contributed by atoms with Crippen LogP contribution in [-0.2, 0) is 16.1 Å². The molecule has 2 aliphatic rings. The summed E-state index contributed by atoms with van der Waals surface area (Å²) in [5.74, 6) is 0.620. The van der Waals surface area contributed by atoms with Crippen LogP contribution in [0.5, 0.6) is 11.8 Å². The molecule has 9 nitrogen and oxygen atoms in total. The average Bonchev–Trinajstić information content (AvgIpc) is 3.20. The van der Waals surface area contributed by atoms with Crippen LogP contribution in [-0.4, -0.2) is 66.2 Å². The van der Waals surface area contributed by atoms with Crippen molar-refractivity contribution < 1.29 is 23.8 Å². The van der Waals surface area contributed by atoms with Crippen molar-refractivity contribution in [3.8, 4) is 11.8 Å². The first kappa shape index (κ1) is 21.0. The monoisotopic (exact) mass is 426 g/mol. The number of rotatable bonds is 7. The molecule has 0 bridgehead atoms. The molecule has 2 aromatic heterocycles. The van der Waals surface area contributed by atoms with Gasteiger partial charge >= 0.3 is 0 Å². The largest absolute Gasteiger partial charge is 0.481 e. The average molecular weight is 426 g/mol. The lowest BCUT2D eigenvalue weighted by Crippen LogP contribution is -2.63. The second-order valence-electron chi connectivity index (χ2n) is 7.97. The van der Waals surface area contributed by atoms with Gasteiger partial charge in [0.25, 0.3) is 5.91 Å². The Hall–Kier alpha value is -3.20. The fraction of sp³-hybridized carbons (Fsp3) is 0.455. The lowest BCUT2D eigenvalue weighted by molar-refractivity contribution is -0.122. The summed E-state index contributed by atoms with van der Waals surface area (Å²) >= 11 is 0. The van der Waals surface area contributed by atoms with Crippen molar-refractivity contribution in [1.82, 2.24) is 20.2 Å². The highest BCUT2D eigenvalue weighted by molar-refractivity contribution is 5.97. The molecule has 1 atom stereocenters. The van der Waals surface area contributed by atoms with E-state index in [4.69, 9.17) is 14.2 Å². The highest BCUT2D eigenvalue weighted by Gasteiger charge is 2.51. The summed E-state index contributed by atoms with van der Waals surface area (Å²) in [4.78, 5) is 35.0. The standard InChI is InChI=1S/C22H26N4O5/c1-29-19-4-3-17(20(25-19)30-2)21(28)26-13-22(14-26)10-16(12-31-22)9-18(27)24-11-15-5-7-23-8-6-15/h3-8,16H,9-14H2,1-2H3,(H,24,27). The number of carbonyl (C=O) groups is 2. The number of carbonyl (C=O) groups excluding carboxylic acids is 2. The first-order valence-corrected chi connectivity index (χ1v) is 10.2. The van der Waals surface area contributed by atoms with Gasteiger partial charge in [-0.1, -0.05) is 0 Å². The number of pyridine rings is 2. The molecule has 2 saturated heterocycles. The second-order valence-corrected chi connectivity index (χ2v) is 7.97. The molecule has 4 rings (SSSR count). The van der Waals surface area contributed by atoms with Gasteiger partial charge in [-0.2, -0.15) is 4.98 Å². The Kier molecular flexibility index (Phi) is 6.03. The van der Waals surface area contributed by atoms with Crippen LogP contribution in [0.2, 0.25) is 0 Å². The van der Waals surface area contributed by atoms with Gasteiger partial charge in [-0.05, 0) is 36.1 Å². The van der Waals surface area contributed by atoms with Crippen molar-refractivity contribution in [2.75, 3.05) is 33.9 Å². The number of nitrogens with one attached hydrogen (secondary N) is 1. The summed E-state index contributed by atoms with van der Waals surface area (Å²) < 4.78 is 16.3. The van der Waals surface area contributed by atoms with Gasteiger partial charge in [-0.15, -0.1) is 0 Å². The molecule has 164 valence electrons. The molecular formula is C22H26N4O5. The summed E-state index contributed by atoms with van der Waals surface area (Å²) in [6, 6.07) is 7.05. The van der Waals surface area contributed by atoms with E-state index in [1.807, 2.05) is 12.1 Å². The molecule has 0 aliphatic carbocycles. The van der Waals surface area contributed by atoms with Gasteiger partial charge in [0.1, 0.15) is 11.2 Å². The van der Waals surface area contributed by atoms with Crippen molar-refractivity contribution >= 4 is 11.8 Å². The van der Waals surface area contributed by atoms with Gasteiger partial charge in [0.2, 0.25) is 17.7 Å². The number of methoxy groups -OCH3 is 2. The Morgan fingerprint density at radius 2 is 1.97 bits per heavy atom. The summed E-state index contributed by atoms with van der Waals surface area (Å²) in [6.07, 6.45) is 4.59. The van der Waals surface area contributed by atoms with Crippen LogP contribution in [0, 0.1) is 5.92 Å². The third kappa shape index (κ3) is 4.61. The first-order chi connectivity index (χ1) is 15.0. The van der Waals surface area contributed by atoms with E-state index in [9.17, 15) is 9.59 Å². The Labute approximate surface area is 180 Å². The predicted octanol–water partition coefficient (Wildman–Crippen LogP) is 1.43. The fourth-order valence-corrected chi connectivity index (χ4v) is 4.14. The van der Waals surface area contributed by atoms with Crippen molar-refractivity contribution in [2.45, 2.75) is 25.0 Å². The zero-order valence-corrected chi connectivity index (χ0v) is 17.7. The van der Waals surface area contributed by atoms with Crippen LogP contribution in [0.25, 0.3) is 0 Å². The molecule has 1 N–H and O–H groups in total. The van der Waals surface area contributed by atoms with Crippen molar-refractivity contribution in [3.05, 3.63) is 47.8 Å². The molecule has 0 saturated carbocycles. The Balaban J connectivity index is 1.27. The molecule has 31 heavy (non-hydrogen) atoms. The number of amides is 2. The van der Waals surface area contributed by atoms with E-state index in [2.05, 4.69) is 15.3 Å².